The molecule has 0 bridgehead atoms. The Kier molecular flexibility index (Phi) is 3.95. The molecule has 2 heterocycles. The molecule has 0 saturated carbocycles. The lowest BCUT2D eigenvalue weighted by Crippen LogP contribution is -2.19. The van der Waals surface area contributed by atoms with Crippen LogP contribution < -0.4 is 15.4 Å². The molecule has 1 aromatic heterocycles. The van der Waals surface area contributed by atoms with Crippen molar-refractivity contribution in [2.24, 2.45) is 0 Å². The van der Waals surface area contributed by atoms with Crippen LogP contribution in [0.2, 0.25) is 0 Å². The summed E-state index contributed by atoms with van der Waals surface area (Å²) in [5.74, 6) is 1.43. The predicted molar refractivity (Wildman–Crippen MR) is 86.2 cm³/mol. The van der Waals surface area contributed by atoms with Gasteiger partial charge in [0.15, 0.2) is 0 Å². The van der Waals surface area contributed by atoms with E-state index in [0.29, 0.717) is 18.2 Å². The number of hydrogen-bond donors (Lipinski definition) is 1. The van der Waals surface area contributed by atoms with Gasteiger partial charge in [-0.1, -0.05) is 18.2 Å². The van der Waals surface area contributed by atoms with Crippen molar-refractivity contribution in [1.82, 2.24) is 4.98 Å². The fraction of sp³-hybridized carbons (Fsp3) is 0.353. The standard InChI is InChI=1S/C17H21N3O/c1-2-21-17-14(18)10-11-16(19-17)20-12-6-5-8-13-7-3-4-9-15(13)20/h3-4,7,9-11H,2,5-6,8,12,18H2,1H3. The van der Waals surface area contributed by atoms with Crippen LogP contribution in [0.25, 0.3) is 0 Å². The van der Waals surface area contributed by atoms with E-state index in [1.165, 1.54) is 17.7 Å². The van der Waals surface area contributed by atoms with Crippen LogP contribution in [0.3, 0.4) is 0 Å². The topological polar surface area (TPSA) is 51.4 Å². The summed E-state index contributed by atoms with van der Waals surface area (Å²) in [7, 11) is 0. The number of pyridine rings is 1. The highest BCUT2D eigenvalue weighted by Crippen LogP contribution is 2.33. The number of aryl methyl sites for hydroxylation is 1. The predicted octanol–water partition coefficient (Wildman–Crippen LogP) is 3.54. The molecule has 1 aliphatic heterocycles. The molecule has 2 N–H and O–H groups in total. The van der Waals surface area contributed by atoms with Crippen molar-refractivity contribution in [1.29, 1.82) is 0 Å². The molecule has 110 valence electrons. The summed E-state index contributed by atoms with van der Waals surface area (Å²) < 4.78 is 5.52. The third-order valence-corrected chi connectivity index (χ3v) is 3.79. The molecule has 0 radical (unpaired) electrons. The zero-order chi connectivity index (χ0) is 14.7. The van der Waals surface area contributed by atoms with Crippen LogP contribution in [-0.4, -0.2) is 18.1 Å². The van der Waals surface area contributed by atoms with Crippen LogP contribution in [0.5, 0.6) is 5.88 Å². The van der Waals surface area contributed by atoms with Crippen LogP contribution in [-0.2, 0) is 6.42 Å². The fourth-order valence-corrected chi connectivity index (χ4v) is 2.77. The molecule has 1 aromatic carbocycles. The molecular weight excluding hydrogens is 262 g/mol. The number of benzene rings is 1. The lowest BCUT2D eigenvalue weighted by Gasteiger charge is -2.24. The van der Waals surface area contributed by atoms with E-state index in [-0.39, 0.29) is 0 Å². The molecule has 0 aliphatic carbocycles. The second kappa shape index (κ2) is 6.04. The third-order valence-electron chi connectivity index (χ3n) is 3.79. The lowest BCUT2D eigenvalue weighted by molar-refractivity contribution is 0.329. The van der Waals surface area contributed by atoms with E-state index in [2.05, 4.69) is 34.1 Å². The molecule has 0 amide bonds. The Hall–Kier alpha value is -2.23. The van der Waals surface area contributed by atoms with E-state index in [4.69, 9.17) is 10.5 Å². The number of para-hydroxylation sites is 1. The highest BCUT2D eigenvalue weighted by Gasteiger charge is 2.18. The molecule has 0 saturated heterocycles. The zero-order valence-corrected chi connectivity index (χ0v) is 12.4. The van der Waals surface area contributed by atoms with Crippen molar-refractivity contribution >= 4 is 17.2 Å². The van der Waals surface area contributed by atoms with Crippen molar-refractivity contribution in [3.63, 3.8) is 0 Å². The summed E-state index contributed by atoms with van der Waals surface area (Å²) in [4.78, 5) is 6.87. The Labute approximate surface area is 125 Å². The van der Waals surface area contributed by atoms with Crippen molar-refractivity contribution in [3.05, 3.63) is 42.0 Å². The smallest absolute Gasteiger partial charge is 0.239 e. The summed E-state index contributed by atoms with van der Waals surface area (Å²) in [5.41, 5.74) is 9.14. The molecule has 1 aliphatic rings. The van der Waals surface area contributed by atoms with E-state index in [9.17, 15) is 0 Å². The van der Waals surface area contributed by atoms with Crippen LogP contribution in [0.1, 0.15) is 25.3 Å². The number of nitrogen functional groups attached to an aromatic ring is 1. The number of nitrogens with two attached hydrogens (primary N) is 1. The molecule has 2 aromatic rings. The Morgan fingerprint density at radius 3 is 2.90 bits per heavy atom. The van der Waals surface area contributed by atoms with E-state index < -0.39 is 0 Å². The first-order valence-corrected chi connectivity index (χ1v) is 7.54. The first kappa shape index (κ1) is 13.7. The van der Waals surface area contributed by atoms with E-state index in [0.717, 1.165) is 25.2 Å². The number of aromatic nitrogens is 1. The summed E-state index contributed by atoms with van der Waals surface area (Å²) >= 11 is 0. The maximum Gasteiger partial charge on any atom is 0.239 e. The van der Waals surface area contributed by atoms with Gasteiger partial charge in [-0.15, -0.1) is 0 Å². The average molecular weight is 283 g/mol. The quantitative estimate of drug-likeness (QED) is 0.936. The second-order valence-corrected chi connectivity index (χ2v) is 5.23. The van der Waals surface area contributed by atoms with Gasteiger partial charge in [0.2, 0.25) is 5.88 Å². The Bertz CT molecular complexity index is 627. The zero-order valence-electron chi connectivity index (χ0n) is 12.4. The minimum absolute atomic E-state index is 0.525. The highest BCUT2D eigenvalue weighted by molar-refractivity contribution is 5.66. The minimum atomic E-state index is 0.525. The molecule has 21 heavy (non-hydrogen) atoms. The van der Waals surface area contributed by atoms with Crippen LogP contribution in [0.15, 0.2) is 36.4 Å². The Balaban J connectivity index is 2.01. The maximum atomic E-state index is 5.92. The Morgan fingerprint density at radius 2 is 2.05 bits per heavy atom. The number of rotatable bonds is 3. The normalized spacial score (nSPS) is 14.4. The second-order valence-electron chi connectivity index (χ2n) is 5.23. The maximum absolute atomic E-state index is 5.92. The van der Waals surface area contributed by atoms with E-state index >= 15 is 0 Å². The molecule has 0 spiro atoms. The molecule has 4 heteroatoms. The number of hydrogen-bond acceptors (Lipinski definition) is 4. The van der Waals surface area contributed by atoms with Gasteiger partial charge >= 0.3 is 0 Å². The molecule has 4 nitrogen and oxygen atoms in total. The van der Waals surface area contributed by atoms with Gasteiger partial charge in [-0.2, -0.15) is 4.98 Å². The van der Waals surface area contributed by atoms with Crippen LogP contribution in [0.4, 0.5) is 17.2 Å². The molecule has 0 unspecified atom stereocenters. The molecule has 3 rings (SSSR count). The van der Waals surface area contributed by atoms with Crippen LogP contribution in [0, 0.1) is 0 Å². The molecular formula is C17H21N3O. The van der Waals surface area contributed by atoms with Crippen molar-refractivity contribution in [3.8, 4) is 5.88 Å². The van der Waals surface area contributed by atoms with Crippen molar-refractivity contribution < 1.29 is 4.74 Å². The van der Waals surface area contributed by atoms with Gasteiger partial charge in [0.25, 0.3) is 0 Å². The number of nitrogens with zero attached hydrogens (tertiary/aromatic N) is 2. The fourth-order valence-electron chi connectivity index (χ4n) is 2.77. The van der Waals surface area contributed by atoms with Gasteiger partial charge in [-0.25, -0.2) is 0 Å². The molecule has 0 atom stereocenters. The van der Waals surface area contributed by atoms with Crippen molar-refractivity contribution in [2.75, 3.05) is 23.8 Å². The molecule has 0 fully saturated rings. The third kappa shape index (κ3) is 2.79. The van der Waals surface area contributed by atoms with Gasteiger partial charge in [-0.3, -0.25) is 0 Å². The van der Waals surface area contributed by atoms with Gasteiger partial charge in [0.1, 0.15) is 5.82 Å². The number of anilines is 3. The van der Waals surface area contributed by atoms with Gasteiger partial charge < -0.3 is 15.4 Å². The van der Waals surface area contributed by atoms with Crippen molar-refractivity contribution in [2.45, 2.75) is 26.2 Å². The minimum Gasteiger partial charge on any atom is -0.476 e. The highest BCUT2D eigenvalue weighted by atomic mass is 16.5. The van der Waals surface area contributed by atoms with Gasteiger partial charge in [-0.05, 0) is 49.9 Å². The summed E-state index contributed by atoms with van der Waals surface area (Å²) in [5, 5.41) is 0. The van der Waals surface area contributed by atoms with Gasteiger partial charge in [0.05, 0.1) is 12.3 Å². The first-order valence-electron chi connectivity index (χ1n) is 7.54. The van der Waals surface area contributed by atoms with Crippen LogP contribution >= 0.6 is 0 Å². The van der Waals surface area contributed by atoms with Gasteiger partial charge in [0, 0.05) is 12.2 Å². The number of ether oxygens (including phenoxy) is 1. The Morgan fingerprint density at radius 1 is 1.19 bits per heavy atom. The van der Waals surface area contributed by atoms with E-state index in [1.807, 2.05) is 19.1 Å². The summed E-state index contributed by atoms with van der Waals surface area (Å²) in [6.45, 7) is 3.48. The summed E-state index contributed by atoms with van der Waals surface area (Å²) in [6, 6.07) is 12.4. The largest absolute Gasteiger partial charge is 0.476 e. The van der Waals surface area contributed by atoms with E-state index in [1.54, 1.807) is 0 Å². The monoisotopic (exact) mass is 283 g/mol. The average Bonchev–Trinajstić information content (AvgIpc) is 2.72. The number of fused-ring (bicyclic) bond motifs is 1. The lowest BCUT2D eigenvalue weighted by atomic mass is 10.1. The summed E-state index contributed by atoms with van der Waals surface area (Å²) in [6.07, 6.45) is 3.49. The SMILES string of the molecule is CCOc1nc(N2CCCCc3ccccc32)ccc1N. The first-order chi connectivity index (χ1) is 10.3.